The molecule has 1 N–H and O–H groups in total. The Morgan fingerprint density at radius 3 is 2.75 bits per heavy atom. The van der Waals surface area contributed by atoms with Crippen molar-refractivity contribution in [2.24, 2.45) is 0 Å². The summed E-state index contributed by atoms with van der Waals surface area (Å²) in [7, 11) is 0. The zero-order chi connectivity index (χ0) is 13.8. The van der Waals surface area contributed by atoms with E-state index in [1.165, 1.54) is 41.2 Å². The minimum atomic E-state index is 0.189. The summed E-state index contributed by atoms with van der Waals surface area (Å²) in [5.41, 5.74) is 2.79. The molecule has 1 saturated heterocycles. The summed E-state index contributed by atoms with van der Waals surface area (Å²) >= 11 is 0. The highest BCUT2D eigenvalue weighted by atomic mass is 16.5. The van der Waals surface area contributed by atoms with E-state index < -0.39 is 0 Å². The Balaban J connectivity index is 2.01. The first-order valence-corrected chi connectivity index (χ1v) is 7.73. The quantitative estimate of drug-likeness (QED) is 0.910. The molecule has 0 radical (unpaired) electrons. The van der Waals surface area contributed by atoms with E-state index in [1.807, 2.05) is 0 Å². The van der Waals surface area contributed by atoms with Crippen LogP contribution in [0.2, 0.25) is 0 Å². The van der Waals surface area contributed by atoms with Crippen LogP contribution in [0.3, 0.4) is 0 Å². The van der Waals surface area contributed by atoms with E-state index in [-0.39, 0.29) is 6.10 Å². The normalized spacial score (nSPS) is 19.4. The number of fused-ring (bicyclic) bond motifs is 1. The highest BCUT2D eigenvalue weighted by Gasteiger charge is 2.18. The van der Waals surface area contributed by atoms with Crippen molar-refractivity contribution in [3.63, 3.8) is 0 Å². The lowest BCUT2D eigenvalue weighted by atomic mass is 9.94. The highest BCUT2D eigenvalue weighted by Crippen LogP contribution is 2.30. The first kappa shape index (κ1) is 13.6. The van der Waals surface area contributed by atoms with Gasteiger partial charge in [0, 0.05) is 13.1 Å². The molecule has 3 rings (SSSR count). The van der Waals surface area contributed by atoms with Crippen LogP contribution >= 0.6 is 0 Å². The second kappa shape index (κ2) is 6.38. The topological polar surface area (TPSA) is 21.3 Å². The van der Waals surface area contributed by atoms with Gasteiger partial charge in [0.25, 0.3) is 0 Å². The summed E-state index contributed by atoms with van der Waals surface area (Å²) in [6.45, 7) is 4.93. The monoisotopic (exact) mass is 269 g/mol. The summed E-state index contributed by atoms with van der Waals surface area (Å²) in [4.78, 5) is 0. The van der Waals surface area contributed by atoms with Crippen LogP contribution in [-0.4, -0.2) is 19.7 Å². The van der Waals surface area contributed by atoms with Crippen molar-refractivity contribution < 1.29 is 4.74 Å². The van der Waals surface area contributed by atoms with Gasteiger partial charge in [-0.1, -0.05) is 49.7 Å². The van der Waals surface area contributed by atoms with Crippen LogP contribution in [-0.2, 0) is 11.2 Å². The minimum absolute atomic E-state index is 0.189. The van der Waals surface area contributed by atoms with Gasteiger partial charge in [-0.2, -0.15) is 0 Å². The molecule has 0 bridgehead atoms. The fourth-order valence-corrected chi connectivity index (χ4v) is 3.02. The van der Waals surface area contributed by atoms with Gasteiger partial charge in [0.2, 0.25) is 0 Å². The van der Waals surface area contributed by atoms with Gasteiger partial charge in [-0.05, 0) is 34.7 Å². The molecule has 20 heavy (non-hydrogen) atoms. The van der Waals surface area contributed by atoms with E-state index in [1.54, 1.807) is 0 Å². The molecule has 0 amide bonds. The molecule has 0 aliphatic carbocycles. The summed E-state index contributed by atoms with van der Waals surface area (Å²) in [6.07, 6.45) is 3.85. The molecular formula is C18H23NO. The van der Waals surface area contributed by atoms with E-state index in [0.29, 0.717) is 0 Å². The van der Waals surface area contributed by atoms with Crippen LogP contribution < -0.4 is 5.32 Å². The van der Waals surface area contributed by atoms with Crippen LogP contribution in [0.15, 0.2) is 36.4 Å². The average Bonchev–Trinajstić information content (AvgIpc) is 2.53. The molecule has 2 aromatic rings. The van der Waals surface area contributed by atoms with Gasteiger partial charge in [-0.25, -0.2) is 0 Å². The fourth-order valence-electron chi connectivity index (χ4n) is 3.02. The van der Waals surface area contributed by atoms with Crippen LogP contribution in [0.25, 0.3) is 10.8 Å². The van der Waals surface area contributed by atoms with Crippen molar-refractivity contribution in [3.05, 3.63) is 47.5 Å². The molecular weight excluding hydrogens is 246 g/mol. The number of morpholine rings is 1. The van der Waals surface area contributed by atoms with E-state index >= 15 is 0 Å². The largest absolute Gasteiger partial charge is 0.371 e. The Kier molecular flexibility index (Phi) is 4.34. The Labute approximate surface area is 121 Å². The summed E-state index contributed by atoms with van der Waals surface area (Å²) in [6, 6.07) is 13.3. The number of ether oxygens (including phenoxy) is 1. The first-order chi connectivity index (χ1) is 9.90. The molecule has 1 aliphatic rings. The molecule has 2 aromatic carbocycles. The maximum absolute atomic E-state index is 5.93. The van der Waals surface area contributed by atoms with E-state index in [9.17, 15) is 0 Å². The van der Waals surface area contributed by atoms with Crippen molar-refractivity contribution in [2.45, 2.75) is 32.3 Å². The van der Waals surface area contributed by atoms with Crippen LogP contribution in [0.5, 0.6) is 0 Å². The average molecular weight is 269 g/mol. The van der Waals surface area contributed by atoms with Crippen LogP contribution in [0, 0.1) is 0 Å². The zero-order valence-corrected chi connectivity index (χ0v) is 12.2. The maximum atomic E-state index is 5.93. The third-order valence-corrected chi connectivity index (χ3v) is 4.12. The number of rotatable bonds is 4. The molecule has 1 fully saturated rings. The van der Waals surface area contributed by atoms with Gasteiger partial charge in [-0.15, -0.1) is 0 Å². The van der Waals surface area contributed by atoms with E-state index in [4.69, 9.17) is 4.74 Å². The lowest BCUT2D eigenvalue weighted by Gasteiger charge is -2.25. The number of nitrogens with one attached hydrogen (secondary N) is 1. The number of unbranched alkanes of at least 4 members (excludes halogenated alkanes) is 1. The molecule has 2 heteroatoms. The summed E-state index contributed by atoms with van der Waals surface area (Å²) in [5.74, 6) is 0. The van der Waals surface area contributed by atoms with Gasteiger partial charge in [-0.3, -0.25) is 0 Å². The van der Waals surface area contributed by atoms with Gasteiger partial charge in [0.05, 0.1) is 12.7 Å². The van der Waals surface area contributed by atoms with Crippen molar-refractivity contribution >= 4 is 10.8 Å². The number of aryl methyl sites for hydroxylation is 1. The van der Waals surface area contributed by atoms with Crippen LogP contribution in [0.4, 0.5) is 0 Å². The lowest BCUT2D eigenvalue weighted by Crippen LogP contribution is -2.33. The second-order valence-electron chi connectivity index (χ2n) is 5.53. The smallest absolute Gasteiger partial charge is 0.0955 e. The van der Waals surface area contributed by atoms with Crippen molar-refractivity contribution in [2.75, 3.05) is 19.7 Å². The SMILES string of the molecule is CCCCc1ccc(C2CNCCO2)c2ccccc12. The van der Waals surface area contributed by atoms with Gasteiger partial charge in [0.15, 0.2) is 0 Å². The molecule has 106 valence electrons. The summed E-state index contributed by atoms with van der Waals surface area (Å²) in [5, 5.41) is 6.17. The maximum Gasteiger partial charge on any atom is 0.0955 e. The first-order valence-electron chi connectivity index (χ1n) is 7.73. The second-order valence-corrected chi connectivity index (χ2v) is 5.53. The summed E-state index contributed by atoms with van der Waals surface area (Å²) < 4.78 is 5.93. The van der Waals surface area contributed by atoms with E-state index in [0.717, 1.165) is 19.7 Å². The van der Waals surface area contributed by atoms with E-state index in [2.05, 4.69) is 48.6 Å². The Morgan fingerprint density at radius 2 is 2.00 bits per heavy atom. The minimum Gasteiger partial charge on any atom is -0.371 e. The third kappa shape index (κ3) is 2.72. The van der Waals surface area contributed by atoms with Gasteiger partial charge in [0.1, 0.15) is 0 Å². The third-order valence-electron chi connectivity index (χ3n) is 4.12. The van der Waals surface area contributed by atoms with Crippen molar-refractivity contribution in [1.29, 1.82) is 0 Å². The molecule has 0 aromatic heterocycles. The van der Waals surface area contributed by atoms with Crippen molar-refractivity contribution in [1.82, 2.24) is 5.32 Å². The van der Waals surface area contributed by atoms with Gasteiger partial charge >= 0.3 is 0 Å². The molecule has 1 unspecified atom stereocenters. The Bertz CT molecular complexity index is 573. The molecule has 0 saturated carbocycles. The highest BCUT2D eigenvalue weighted by molar-refractivity contribution is 5.89. The number of hydrogen-bond acceptors (Lipinski definition) is 2. The number of hydrogen-bond donors (Lipinski definition) is 1. The number of benzene rings is 2. The predicted molar refractivity (Wildman–Crippen MR) is 84.1 cm³/mol. The Hall–Kier alpha value is -1.38. The zero-order valence-electron chi connectivity index (χ0n) is 12.2. The standard InChI is InChI=1S/C18H23NO/c1-2-3-6-14-9-10-17(18-13-19-11-12-20-18)16-8-5-4-7-15(14)16/h4-5,7-10,18-19H,2-3,6,11-13H2,1H3. The fraction of sp³-hybridized carbons (Fsp3) is 0.444. The molecule has 2 nitrogen and oxygen atoms in total. The van der Waals surface area contributed by atoms with Crippen molar-refractivity contribution in [3.8, 4) is 0 Å². The lowest BCUT2D eigenvalue weighted by molar-refractivity contribution is 0.0286. The van der Waals surface area contributed by atoms with Crippen LogP contribution in [0.1, 0.15) is 37.0 Å². The molecule has 1 atom stereocenters. The Morgan fingerprint density at radius 1 is 1.15 bits per heavy atom. The molecule has 1 aliphatic heterocycles. The van der Waals surface area contributed by atoms with Gasteiger partial charge < -0.3 is 10.1 Å². The molecule has 1 heterocycles. The predicted octanol–water partition coefficient (Wildman–Crippen LogP) is 3.84. The molecule has 0 spiro atoms.